The highest BCUT2D eigenvalue weighted by molar-refractivity contribution is 7.15. The average molecular weight is 265 g/mol. The lowest BCUT2D eigenvalue weighted by Gasteiger charge is -2.36. The number of rotatable bonds is 4. The first-order chi connectivity index (χ1) is 8.72. The molecule has 3 nitrogen and oxygen atoms in total. The molecular weight excluding hydrogens is 242 g/mol. The Bertz CT molecular complexity index is 391. The molecule has 0 amide bonds. The minimum atomic E-state index is 0.706. The summed E-state index contributed by atoms with van der Waals surface area (Å²) in [5.74, 6) is 0.932. The number of nitrogens with zero attached hydrogens (tertiary/aromatic N) is 2. The Morgan fingerprint density at radius 3 is 2.33 bits per heavy atom. The van der Waals surface area contributed by atoms with Crippen molar-refractivity contribution >= 4 is 16.5 Å². The van der Waals surface area contributed by atoms with Crippen molar-refractivity contribution in [2.24, 2.45) is 5.92 Å². The summed E-state index contributed by atoms with van der Waals surface area (Å²) >= 11 is 1.65. The molecular formula is C14H23N3S. The number of nitrogens with two attached hydrogens (primary N) is 1. The van der Waals surface area contributed by atoms with E-state index in [1.54, 1.807) is 11.3 Å². The molecule has 0 radical (unpaired) electrons. The van der Waals surface area contributed by atoms with Gasteiger partial charge in [0.15, 0.2) is 5.13 Å². The third kappa shape index (κ3) is 2.86. The zero-order chi connectivity index (χ0) is 12.5. The van der Waals surface area contributed by atoms with Gasteiger partial charge in [-0.05, 0) is 44.4 Å². The van der Waals surface area contributed by atoms with Crippen molar-refractivity contribution in [2.45, 2.75) is 64.1 Å². The van der Waals surface area contributed by atoms with Crippen molar-refractivity contribution < 1.29 is 0 Å². The number of hydrogen-bond donors (Lipinski definition) is 1. The molecule has 1 heterocycles. The van der Waals surface area contributed by atoms with Crippen molar-refractivity contribution in [1.29, 1.82) is 0 Å². The van der Waals surface area contributed by atoms with E-state index in [2.05, 4.69) is 16.8 Å². The summed E-state index contributed by atoms with van der Waals surface area (Å²) in [6.07, 6.45) is 10.3. The maximum atomic E-state index is 5.73. The molecule has 0 atom stereocenters. The van der Waals surface area contributed by atoms with Gasteiger partial charge in [0.05, 0.1) is 0 Å². The topological polar surface area (TPSA) is 42.2 Å². The van der Waals surface area contributed by atoms with Crippen LogP contribution in [0.15, 0.2) is 6.20 Å². The number of thiazole rings is 1. The molecule has 2 fully saturated rings. The van der Waals surface area contributed by atoms with Gasteiger partial charge in [-0.1, -0.05) is 6.92 Å². The lowest BCUT2D eigenvalue weighted by molar-refractivity contribution is 0.125. The molecule has 18 heavy (non-hydrogen) atoms. The summed E-state index contributed by atoms with van der Waals surface area (Å²) in [5, 5.41) is 0.706. The molecule has 2 N–H and O–H groups in total. The highest BCUT2D eigenvalue weighted by atomic mass is 32.1. The fourth-order valence-electron chi connectivity index (χ4n) is 3.11. The number of hydrogen-bond acceptors (Lipinski definition) is 4. The molecule has 3 rings (SSSR count). The van der Waals surface area contributed by atoms with E-state index in [9.17, 15) is 0 Å². The quantitative estimate of drug-likeness (QED) is 0.908. The first-order valence-electron chi connectivity index (χ1n) is 7.18. The number of aromatic nitrogens is 1. The van der Waals surface area contributed by atoms with Gasteiger partial charge < -0.3 is 5.73 Å². The van der Waals surface area contributed by atoms with Crippen LogP contribution < -0.4 is 5.73 Å². The highest BCUT2D eigenvalue weighted by Crippen LogP contribution is 2.36. The van der Waals surface area contributed by atoms with Gasteiger partial charge in [-0.2, -0.15) is 0 Å². The molecule has 0 saturated heterocycles. The average Bonchev–Trinajstić information content (AvgIpc) is 3.12. The largest absolute Gasteiger partial charge is 0.375 e. The van der Waals surface area contributed by atoms with Crippen molar-refractivity contribution in [2.75, 3.05) is 5.73 Å². The predicted molar refractivity (Wildman–Crippen MR) is 76.5 cm³/mol. The Morgan fingerprint density at radius 1 is 1.22 bits per heavy atom. The van der Waals surface area contributed by atoms with E-state index in [1.807, 2.05) is 6.20 Å². The summed E-state index contributed by atoms with van der Waals surface area (Å²) in [5.41, 5.74) is 5.73. The standard InChI is InChI=1S/C14H23N3S/c1-10-2-4-11(5-3-10)17(12-6-7-12)9-13-8-16-14(15)18-13/h8,10-12H,2-7,9H2,1H3,(H2,15,16). The zero-order valence-corrected chi connectivity index (χ0v) is 12.0. The molecule has 2 saturated carbocycles. The third-order valence-corrected chi connectivity index (χ3v) is 5.19. The smallest absolute Gasteiger partial charge is 0.180 e. The van der Waals surface area contributed by atoms with Crippen molar-refractivity contribution in [3.05, 3.63) is 11.1 Å². The Morgan fingerprint density at radius 2 is 1.83 bits per heavy atom. The summed E-state index contributed by atoms with van der Waals surface area (Å²) in [7, 11) is 0. The fraction of sp³-hybridized carbons (Fsp3) is 0.786. The van der Waals surface area contributed by atoms with Crippen LogP contribution in [0, 0.1) is 5.92 Å². The Kier molecular flexibility index (Phi) is 3.57. The fourth-order valence-corrected chi connectivity index (χ4v) is 3.81. The summed E-state index contributed by atoms with van der Waals surface area (Å²) in [6.45, 7) is 3.46. The first kappa shape index (κ1) is 12.4. The zero-order valence-electron chi connectivity index (χ0n) is 11.1. The van der Waals surface area contributed by atoms with Crippen LogP contribution >= 0.6 is 11.3 Å². The van der Waals surface area contributed by atoms with Crippen LogP contribution in [0.5, 0.6) is 0 Å². The SMILES string of the molecule is CC1CCC(N(Cc2cnc(N)s2)C2CC2)CC1. The van der Waals surface area contributed by atoms with Crippen LogP contribution in [0.25, 0.3) is 0 Å². The van der Waals surface area contributed by atoms with E-state index >= 15 is 0 Å². The van der Waals surface area contributed by atoms with E-state index in [0.29, 0.717) is 5.13 Å². The molecule has 0 spiro atoms. The monoisotopic (exact) mass is 265 g/mol. The summed E-state index contributed by atoms with van der Waals surface area (Å²) < 4.78 is 0. The van der Waals surface area contributed by atoms with Gasteiger partial charge in [0, 0.05) is 29.7 Å². The van der Waals surface area contributed by atoms with Gasteiger partial charge in [-0.3, -0.25) is 4.90 Å². The molecule has 4 heteroatoms. The molecule has 0 aromatic carbocycles. The van der Waals surface area contributed by atoms with Gasteiger partial charge >= 0.3 is 0 Å². The van der Waals surface area contributed by atoms with Crippen LogP contribution in [0.2, 0.25) is 0 Å². The number of nitrogen functional groups attached to an aromatic ring is 1. The van der Waals surface area contributed by atoms with Crippen molar-refractivity contribution in [3.8, 4) is 0 Å². The Hall–Kier alpha value is -0.610. The van der Waals surface area contributed by atoms with Gasteiger partial charge in [-0.25, -0.2) is 4.98 Å². The van der Waals surface area contributed by atoms with E-state index in [-0.39, 0.29) is 0 Å². The minimum Gasteiger partial charge on any atom is -0.375 e. The molecule has 0 unspecified atom stereocenters. The molecule has 1 aromatic heterocycles. The molecule has 2 aliphatic rings. The number of anilines is 1. The third-order valence-electron chi connectivity index (χ3n) is 4.38. The predicted octanol–water partition coefficient (Wildman–Crippen LogP) is 3.27. The first-order valence-corrected chi connectivity index (χ1v) is 8.00. The maximum Gasteiger partial charge on any atom is 0.180 e. The Balaban J connectivity index is 1.65. The lowest BCUT2D eigenvalue weighted by atomic mass is 9.86. The highest BCUT2D eigenvalue weighted by Gasteiger charge is 2.35. The van der Waals surface area contributed by atoms with Crippen LogP contribution in [0.3, 0.4) is 0 Å². The second-order valence-electron chi connectivity index (χ2n) is 5.98. The van der Waals surface area contributed by atoms with Gasteiger partial charge in [-0.15, -0.1) is 11.3 Å². The summed E-state index contributed by atoms with van der Waals surface area (Å²) in [4.78, 5) is 8.24. The molecule has 1 aromatic rings. The minimum absolute atomic E-state index is 0.706. The van der Waals surface area contributed by atoms with Gasteiger partial charge in [0.25, 0.3) is 0 Å². The van der Waals surface area contributed by atoms with Gasteiger partial charge in [0.1, 0.15) is 0 Å². The van der Waals surface area contributed by atoms with Crippen molar-refractivity contribution in [3.63, 3.8) is 0 Å². The second kappa shape index (κ2) is 5.17. The van der Waals surface area contributed by atoms with Crippen LogP contribution in [0.1, 0.15) is 50.3 Å². The van der Waals surface area contributed by atoms with E-state index < -0.39 is 0 Å². The second-order valence-corrected chi connectivity index (χ2v) is 7.13. The summed E-state index contributed by atoms with van der Waals surface area (Å²) in [6, 6.07) is 1.64. The van der Waals surface area contributed by atoms with E-state index in [1.165, 1.54) is 43.4 Å². The normalized spacial score (nSPS) is 28.8. The van der Waals surface area contributed by atoms with Crippen LogP contribution in [-0.4, -0.2) is 22.0 Å². The molecule has 0 bridgehead atoms. The molecule has 0 aliphatic heterocycles. The van der Waals surface area contributed by atoms with Gasteiger partial charge in [0.2, 0.25) is 0 Å². The van der Waals surface area contributed by atoms with E-state index in [0.717, 1.165) is 24.5 Å². The lowest BCUT2D eigenvalue weighted by Crippen LogP contribution is -2.38. The van der Waals surface area contributed by atoms with Crippen molar-refractivity contribution in [1.82, 2.24) is 9.88 Å². The molecule has 2 aliphatic carbocycles. The van der Waals surface area contributed by atoms with Crippen LogP contribution in [-0.2, 0) is 6.54 Å². The maximum absolute atomic E-state index is 5.73. The van der Waals surface area contributed by atoms with Crippen LogP contribution in [0.4, 0.5) is 5.13 Å². The Labute approximate surface area is 113 Å². The van der Waals surface area contributed by atoms with E-state index in [4.69, 9.17) is 5.73 Å². The molecule has 100 valence electrons.